The molecule has 1 heterocycles. The fourth-order valence-corrected chi connectivity index (χ4v) is 2.70. The Bertz CT molecular complexity index is 1000. The predicted molar refractivity (Wildman–Crippen MR) is 101 cm³/mol. The zero-order valence-corrected chi connectivity index (χ0v) is 14.5. The molecule has 0 saturated heterocycles. The summed E-state index contributed by atoms with van der Waals surface area (Å²) in [6.07, 6.45) is -1.02. The Balaban J connectivity index is 1.49. The molecule has 3 aromatic carbocycles. The highest BCUT2D eigenvalue weighted by molar-refractivity contribution is 5.51. The molecule has 0 bridgehead atoms. The maximum Gasteiger partial charge on any atom is 0.249 e. The molecule has 0 aliphatic carbocycles. The van der Waals surface area contributed by atoms with Crippen LogP contribution in [0, 0.1) is 0 Å². The first-order valence-corrected chi connectivity index (χ1v) is 8.63. The van der Waals surface area contributed by atoms with Gasteiger partial charge in [0.15, 0.2) is 6.10 Å². The lowest BCUT2D eigenvalue weighted by atomic mass is 10.1. The molecule has 1 N–H and O–H groups in total. The summed E-state index contributed by atoms with van der Waals surface area (Å²) < 4.78 is 11.5. The van der Waals surface area contributed by atoms with E-state index in [1.807, 2.05) is 72.8 Å². The van der Waals surface area contributed by atoms with Gasteiger partial charge in [-0.15, -0.1) is 10.2 Å². The highest BCUT2D eigenvalue weighted by Gasteiger charge is 2.19. The molecular weight excluding hydrogens is 340 g/mol. The van der Waals surface area contributed by atoms with E-state index in [9.17, 15) is 5.11 Å². The van der Waals surface area contributed by atoms with Gasteiger partial charge in [-0.3, -0.25) is 0 Å². The summed E-state index contributed by atoms with van der Waals surface area (Å²) in [5, 5.41) is 18.6. The lowest BCUT2D eigenvalue weighted by Crippen LogP contribution is -2.01. The van der Waals surface area contributed by atoms with Crippen LogP contribution in [0.2, 0.25) is 0 Å². The summed E-state index contributed by atoms with van der Waals surface area (Å²) >= 11 is 0. The minimum Gasteiger partial charge on any atom is -0.489 e. The van der Waals surface area contributed by atoms with Crippen molar-refractivity contribution in [2.45, 2.75) is 12.7 Å². The van der Waals surface area contributed by atoms with Crippen LogP contribution in [0.25, 0.3) is 11.5 Å². The van der Waals surface area contributed by atoms with Crippen molar-refractivity contribution in [1.29, 1.82) is 0 Å². The van der Waals surface area contributed by atoms with Gasteiger partial charge in [0.1, 0.15) is 12.4 Å². The number of benzene rings is 3. The molecule has 0 amide bonds. The monoisotopic (exact) mass is 358 g/mol. The number of hydrogen-bond acceptors (Lipinski definition) is 5. The molecule has 1 aromatic heterocycles. The van der Waals surface area contributed by atoms with Gasteiger partial charge < -0.3 is 14.3 Å². The maximum absolute atomic E-state index is 10.6. The fourth-order valence-electron chi connectivity index (χ4n) is 2.70. The molecule has 0 fully saturated rings. The van der Waals surface area contributed by atoms with Crippen molar-refractivity contribution >= 4 is 0 Å². The van der Waals surface area contributed by atoms with Crippen molar-refractivity contribution in [2.24, 2.45) is 0 Å². The van der Waals surface area contributed by atoms with Gasteiger partial charge in [-0.05, 0) is 35.4 Å². The minimum atomic E-state index is -1.02. The van der Waals surface area contributed by atoms with Gasteiger partial charge in [-0.1, -0.05) is 60.7 Å². The summed E-state index contributed by atoms with van der Waals surface area (Å²) in [6, 6.07) is 26.6. The van der Waals surface area contributed by atoms with E-state index >= 15 is 0 Å². The Kier molecular flexibility index (Phi) is 4.94. The van der Waals surface area contributed by atoms with Gasteiger partial charge in [-0.2, -0.15) is 0 Å². The second-order valence-electron chi connectivity index (χ2n) is 6.06. The molecule has 0 spiro atoms. The smallest absolute Gasteiger partial charge is 0.249 e. The number of ether oxygens (including phenoxy) is 1. The SMILES string of the molecule is O[C@@H](c1cccc(OCc2ccccc2)c1)c1nnc(-c2ccccc2)o1. The van der Waals surface area contributed by atoms with Crippen LogP contribution in [0.5, 0.6) is 5.75 Å². The maximum atomic E-state index is 10.6. The highest BCUT2D eigenvalue weighted by Crippen LogP contribution is 2.27. The summed E-state index contributed by atoms with van der Waals surface area (Å²) in [6.45, 7) is 0.457. The zero-order valence-electron chi connectivity index (χ0n) is 14.5. The first-order chi connectivity index (χ1) is 13.3. The Morgan fingerprint density at radius 1 is 0.852 bits per heavy atom. The van der Waals surface area contributed by atoms with Gasteiger partial charge >= 0.3 is 0 Å². The lowest BCUT2D eigenvalue weighted by molar-refractivity contribution is 0.183. The molecule has 4 aromatic rings. The van der Waals surface area contributed by atoms with Crippen LogP contribution in [0.1, 0.15) is 23.1 Å². The molecule has 0 aliphatic heterocycles. The molecule has 0 saturated carbocycles. The normalized spacial score (nSPS) is 11.9. The highest BCUT2D eigenvalue weighted by atomic mass is 16.5. The van der Waals surface area contributed by atoms with Gasteiger partial charge in [0, 0.05) is 5.56 Å². The molecule has 0 radical (unpaired) electrons. The predicted octanol–water partition coefficient (Wildman–Crippen LogP) is 4.40. The standard InChI is InChI=1S/C22H18N2O3/c25-20(22-24-23-21(27-22)17-10-5-2-6-11-17)18-12-7-13-19(14-18)26-15-16-8-3-1-4-9-16/h1-14,20,25H,15H2/t20-/m0/s1. The van der Waals surface area contributed by atoms with Gasteiger partial charge in [-0.25, -0.2) is 0 Å². The molecule has 5 nitrogen and oxygen atoms in total. The van der Waals surface area contributed by atoms with Crippen LogP contribution >= 0.6 is 0 Å². The summed E-state index contributed by atoms with van der Waals surface area (Å²) in [5.74, 6) is 1.19. The topological polar surface area (TPSA) is 68.4 Å². The number of nitrogens with zero attached hydrogens (tertiary/aromatic N) is 2. The first kappa shape index (κ1) is 17.0. The van der Waals surface area contributed by atoms with E-state index in [2.05, 4.69) is 10.2 Å². The second-order valence-corrected chi connectivity index (χ2v) is 6.06. The average Bonchev–Trinajstić information content (AvgIpc) is 3.24. The van der Waals surface area contributed by atoms with Crippen molar-refractivity contribution in [1.82, 2.24) is 10.2 Å². The van der Waals surface area contributed by atoms with Gasteiger partial charge in [0.25, 0.3) is 0 Å². The van der Waals surface area contributed by atoms with Crippen molar-refractivity contribution in [3.63, 3.8) is 0 Å². The van der Waals surface area contributed by atoms with Crippen LogP contribution in [0.15, 0.2) is 89.3 Å². The van der Waals surface area contributed by atoms with E-state index in [0.29, 0.717) is 23.8 Å². The molecule has 4 rings (SSSR count). The Hall–Kier alpha value is -3.44. The quantitative estimate of drug-likeness (QED) is 0.553. The number of aliphatic hydroxyl groups excluding tert-OH is 1. The minimum absolute atomic E-state index is 0.147. The van der Waals surface area contributed by atoms with Crippen LogP contribution in [-0.2, 0) is 6.61 Å². The fraction of sp³-hybridized carbons (Fsp3) is 0.0909. The van der Waals surface area contributed by atoms with Crippen LogP contribution < -0.4 is 4.74 Å². The van der Waals surface area contributed by atoms with E-state index < -0.39 is 6.10 Å². The largest absolute Gasteiger partial charge is 0.489 e. The van der Waals surface area contributed by atoms with E-state index in [0.717, 1.165) is 11.1 Å². The molecule has 0 unspecified atom stereocenters. The Morgan fingerprint density at radius 2 is 1.59 bits per heavy atom. The molecule has 1 atom stereocenters. The lowest BCUT2D eigenvalue weighted by Gasteiger charge is -2.10. The van der Waals surface area contributed by atoms with Crippen LogP contribution in [0.3, 0.4) is 0 Å². The third-order valence-corrected chi connectivity index (χ3v) is 4.12. The van der Waals surface area contributed by atoms with Crippen LogP contribution in [0.4, 0.5) is 0 Å². The van der Waals surface area contributed by atoms with E-state index in [1.165, 1.54) is 0 Å². The van der Waals surface area contributed by atoms with Gasteiger partial charge in [0.2, 0.25) is 11.8 Å². The second kappa shape index (κ2) is 7.85. The van der Waals surface area contributed by atoms with E-state index in [1.54, 1.807) is 12.1 Å². The molecule has 0 aliphatic rings. The van der Waals surface area contributed by atoms with Crippen molar-refractivity contribution in [3.05, 3.63) is 102 Å². The zero-order chi connectivity index (χ0) is 18.5. The number of aliphatic hydroxyl groups is 1. The summed E-state index contributed by atoms with van der Waals surface area (Å²) in [7, 11) is 0. The summed E-state index contributed by atoms with van der Waals surface area (Å²) in [4.78, 5) is 0. The van der Waals surface area contributed by atoms with Crippen LogP contribution in [-0.4, -0.2) is 15.3 Å². The van der Waals surface area contributed by atoms with Gasteiger partial charge in [0.05, 0.1) is 0 Å². The van der Waals surface area contributed by atoms with Crippen molar-refractivity contribution in [2.75, 3.05) is 0 Å². The average molecular weight is 358 g/mol. The molecular formula is C22H18N2O3. The molecule has 134 valence electrons. The number of aromatic nitrogens is 2. The summed E-state index contributed by atoms with van der Waals surface area (Å²) in [5.41, 5.74) is 2.51. The van der Waals surface area contributed by atoms with E-state index in [4.69, 9.17) is 9.15 Å². The number of hydrogen-bond donors (Lipinski definition) is 1. The third-order valence-electron chi connectivity index (χ3n) is 4.12. The number of rotatable bonds is 6. The van der Waals surface area contributed by atoms with Crippen molar-refractivity contribution in [3.8, 4) is 17.2 Å². The third kappa shape index (κ3) is 4.04. The first-order valence-electron chi connectivity index (χ1n) is 8.63. The molecule has 5 heteroatoms. The Morgan fingerprint density at radius 3 is 2.37 bits per heavy atom. The molecule has 27 heavy (non-hydrogen) atoms. The van der Waals surface area contributed by atoms with Crippen molar-refractivity contribution < 1.29 is 14.3 Å². The van der Waals surface area contributed by atoms with E-state index in [-0.39, 0.29) is 5.89 Å². The Labute approximate surface area is 156 Å².